The Kier molecular flexibility index (Phi) is 1.81. The van der Waals surface area contributed by atoms with Gasteiger partial charge >= 0.3 is 0 Å². The summed E-state index contributed by atoms with van der Waals surface area (Å²) in [5.74, 6) is 0. The molecule has 0 spiro atoms. The van der Waals surface area contributed by atoms with Gasteiger partial charge in [-0.15, -0.1) is 0 Å². The number of hydrogen-bond acceptors (Lipinski definition) is 1. The molecule has 0 fully saturated rings. The minimum absolute atomic E-state index is 0.936. The highest BCUT2D eigenvalue weighted by Gasteiger charge is 2.22. The predicted octanol–water partition coefficient (Wildman–Crippen LogP) is 3.38. The Morgan fingerprint density at radius 2 is 2.00 bits per heavy atom. The van der Waals surface area contributed by atoms with Crippen molar-refractivity contribution in [3.05, 3.63) is 35.1 Å². The maximum atomic E-state index is 11.9. The van der Waals surface area contributed by atoms with Crippen molar-refractivity contribution in [2.75, 3.05) is 11.8 Å². The van der Waals surface area contributed by atoms with E-state index in [-0.39, 0.29) is 0 Å². The van der Waals surface area contributed by atoms with Gasteiger partial charge in [-0.1, -0.05) is 18.2 Å². The summed E-state index contributed by atoms with van der Waals surface area (Å²) in [6.07, 6.45) is 1.99. The molecule has 2 nitrogen and oxygen atoms in total. The molecule has 1 atom stereocenters. The summed E-state index contributed by atoms with van der Waals surface area (Å²) in [6.45, 7) is 3.67. The van der Waals surface area contributed by atoms with E-state index < -0.39 is 7.29 Å². The van der Waals surface area contributed by atoms with Gasteiger partial charge in [-0.2, -0.15) is 0 Å². The van der Waals surface area contributed by atoms with Crippen molar-refractivity contribution in [2.24, 2.45) is 0 Å². The lowest BCUT2D eigenvalue weighted by atomic mass is 10.2. The molecule has 1 N–H and O–H groups in total. The number of para-hydroxylation sites is 1. The van der Waals surface area contributed by atoms with E-state index in [9.17, 15) is 4.57 Å². The molecule has 1 aliphatic rings. The second-order valence-corrected chi connectivity index (χ2v) is 6.19. The zero-order valence-electron chi connectivity index (χ0n) is 7.74. The minimum atomic E-state index is -2.30. The number of nitrogens with one attached hydrogen (secondary N) is 1. The molecule has 0 saturated carbocycles. The van der Waals surface area contributed by atoms with E-state index in [1.165, 1.54) is 0 Å². The smallest absolute Gasteiger partial charge is 0.191 e. The first-order chi connectivity index (χ1) is 6.09. The summed E-state index contributed by atoms with van der Waals surface area (Å²) in [4.78, 5) is 0. The van der Waals surface area contributed by atoms with Gasteiger partial charge in [-0.25, -0.2) is 0 Å². The van der Waals surface area contributed by atoms with Crippen LogP contribution in [0.5, 0.6) is 0 Å². The number of anilines is 1. The SMILES string of the molecule is CC1=Cc2ccccc2NP1(C)=O. The van der Waals surface area contributed by atoms with Gasteiger partial charge in [0, 0.05) is 17.7 Å². The van der Waals surface area contributed by atoms with Crippen molar-refractivity contribution in [2.45, 2.75) is 6.92 Å². The molecule has 1 aliphatic heterocycles. The fourth-order valence-electron chi connectivity index (χ4n) is 1.39. The second kappa shape index (κ2) is 2.74. The van der Waals surface area contributed by atoms with Gasteiger partial charge in [-0.3, -0.25) is 4.57 Å². The Morgan fingerprint density at radius 3 is 2.77 bits per heavy atom. The number of benzene rings is 1. The lowest BCUT2D eigenvalue weighted by molar-refractivity contribution is 0.586. The number of allylic oxidation sites excluding steroid dienone is 1. The van der Waals surface area contributed by atoms with E-state index in [1.54, 1.807) is 6.66 Å². The maximum Gasteiger partial charge on any atom is 0.191 e. The van der Waals surface area contributed by atoms with Crippen molar-refractivity contribution in [3.8, 4) is 0 Å². The summed E-state index contributed by atoms with van der Waals surface area (Å²) < 4.78 is 11.9. The largest absolute Gasteiger partial charge is 0.333 e. The van der Waals surface area contributed by atoms with Crippen molar-refractivity contribution >= 4 is 19.1 Å². The van der Waals surface area contributed by atoms with Crippen molar-refractivity contribution in [1.29, 1.82) is 0 Å². The van der Waals surface area contributed by atoms with Crippen LogP contribution in [0.4, 0.5) is 5.69 Å². The van der Waals surface area contributed by atoms with Crippen LogP contribution in [0.25, 0.3) is 6.08 Å². The van der Waals surface area contributed by atoms with Crippen molar-refractivity contribution in [1.82, 2.24) is 0 Å². The average molecular weight is 193 g/mol. The van der Waals surface area contributed by atoms with Crippen molar-refractivity contribution in [3.63, 3.8) is 0 Å². The van der Waals surface area contributed by atoms with E-state index >= 15 is 0 Å². The number of rotatable bonds is 0. The Hall–Kier alpha value is -1.01. The van der Waals surface area contributed by atoms with Crippen LogP contribution in [0.2, 0.25) is 0 Å². The molecule has 0 aliphatic carbocycles. The highest BCUT2D eigenvalue weighted by Crippen LogP contribution is 2.53. The fraction of sp³-hybridized carbons (Fsp3) is 0.200. The molecule has 68 valence electrons. The van der Waals surface area contributed by atoms with Gasteiger partial charge in [0.2, 0.25) is 0 Å². The van der Waals surface area contributed by atoms with Crippen LogP contribution in [0, 0.1) is 0 Å². The molecule has 0 bridgehead atoms. The van der Waals surface area contributed by atoms with Crippen LogP contribution in [-0.4, -0.2) is 6.66 Å². The van der Waals surface area contributed by atoms with E-state index in [4.69, 9.17) is 0 Å². The van der Waals surface area contributed by atoms with Crippen LogP contribution in [0.15, 0.2) is 29.6 Å². The molecule has 1 heterocycles. The van der Waals surface area contributed by atoms with Gasteiger partial charge in [0.05, 0.1) is 0 Å². The molecule has 0 amide bonds. The van der Waals surface area contributed by atoms with Crippen LogP contribution in [0.3, 0.4) is 0 Å². The fourth-order valence-corrected chi connectivity index (χ4v) is 2.62. The lowest BCUT2D eigenvalue weighted by Crippen LogP contribution is -2.02. The Labute approximate surface area is 78.1 Å². The second-order valence-electron chi connectivity index (χ2n) is 3.41. The molecular formula is C10H12NOP. The first kappa shape index (κ1) is 8.58. The highest BCUT2D eigenvalue weighted by molar-refractivity contribution is 7.69. The molecule has 0 radical (unpaired) electrons. The first-order valence-electron chi connectivity index (χ1n) is 4.23. The van der Waals surface area contributed by atoms with Gasteiger partial charge in [0.1, 0.15) is 0 Å². The average Bonchev–Trinajstić information content (AvgIpc) is 2.06. The van der Waals surface area contributed by atoms with E-state index in [1.807, 2.05) is 37.3 Å². The standard InChI is InChI=1S/C10H12NOP/c1-8-7-9-5-3-4-6-10(9)11-13(8,2)12/h3-7H,1-2H3,(H,11,12). The van der Waals surface area contributed by atoms with Crippen LogP contribution in [-0.2, 0) is 4.57 Å². The lowest BCUT2D eigenvalue weighted by Gasteiger charge is -2.23. The van der Waals surface area contributed by atoms with E-state index in [2.05, 4.69) is 5.09 Å². The quantitative estimate of drug-likeness (QED) is 0.640. The van der Waals surface area contributed by atoms with Gasteiger partial charge in [0.25, 0.3) is 0 Å². The number of hydrogen-bond donors (Lipinski definition) is 1. The molecule has 2 rings (SSSR count). The van der Waals surface area contributed by atoms with E-state index in [0.29, 0.717) is 0 Å². The van der Waals surface area contributed by atoms with Crippen LogP contribution >= 0.6 is 7.29 Å². The predicted molar refractivity (Wildman–Crippen MR) is 57.2 cm³/mol. The Balaban J connectivity index is 2.60. The van der Waals surface area contributed by atoms with Gasteiger partial charge in [-0.05, 0) is 24.6 Å². The molecule has 1 aromatic carbocycles. The van der Waals surface area contributed by atoms with Crippen LogP contribution < -0.4 is 5.09 Å². The third-order valence-corrected chi connectivity index (χ3v) is 4.47. The first-order valence-corrected chi connectivity index (χ1v) is 6.39. The Bertz CT molecular complexity index is 423. The summed E-state index contributed by atoms with van der Waals surface area (Å²) in [5, 5.41) is 4.01. The Morgan fingerprint density at radius 1 is 1.31 bits per heavy atom. The van der Waals surface area contributed by atoms with Crippen molar-refractivity contribution < 1.29 is 4.57 Å². The summed E-state index contributed by atoms with van der Waals surface area (Å²) in [7, 11) is -2.30. The van der Waals surface area contributed by atoms with Gasteiger partial charge < -0.3 is 5.09 Å². The third-order valence-electron chi connectivity index (χ3n) is 2.33. The molecule has 0 saturated heterocycles. The summed E-state index contributed by atoms with van der Waals surface area (Å²) in [6, 6.07) is 7.90. The molecular weight excluding hydrogens is 181 g/mol. The number of fused-ring (bicyclic) bond motifs is 1. The van der Waals surface area contributed by atoms with E-state index in [0.717, 1.165) is 16.6 Å². The van der Waals surface area contributed by atoms with Gasteiger partial charge in [0.15, 0.2) is 7.29 Å². The summed E-state index contributed by atoms with van der Waals surface area (Å²) in [5.41, 5.74) is 2.09. The van der Waals surface area contributed by atoms with Crippen LogP contribution in [0.1, 0.15) is 12.5 Å². The molecule has 3 heteroatoms. The topological polar surface area (TPSA) is 29.1 Å². The normalized spacial score (nSPS) is 25.8. The third kappa shape index (κ3) is 1.42. The molecule has 13 heavy (non-hydrogen) atoms. The summed E-state index contributed by atoms with van der Waals surface area (Å²) >= 11 is 0. The molecule has 1 unspecified atom stereocenters. The molecule has 1 aromatic rings. The highest BCUT2D eigenvalue weighted by atomic mass is 31.2. The zero-order valence-corrected chi connectivity index (χ0v) is 8.64. The minimum Gasteiger partial charge on any atom is -0.333 e. The monoisotopic (exact) mass is 193 g/mol. The molecule has 0 aromatic heterocycles. The zero-order chi connectivity index (χ0) is 9.47. The maximum absolute atomic E-state index is 11.9.